The molecule has 29 heavy (non-hydrogen) atoms. The predicted octanol–water partition coefficient (Wildman–Crippen LogP) is 3.44. The Balaban J connectivity index is 1.60. The molecule has 1 aliphatic carbocycles. The maximum atomic E-state index is 12.3. The third kappa shape index (κ3) is 5.46. The fourth-order valence-electron chi connectivity index (χ4n) is 4.19. The predicted molar refractivity (Wildman–Crippen MR) is 109 cm³/mol. The molecule has 1 N–H and O–H groups in total. The fourth-order valence-corrected chi connectivity index (χ4v) is 4.19. The second kappa shape index (κ2) is 9.71. The topological polar surface area (TPSA) is 102 Å². The van der Waals surface area contributed by atoms with Gasteiger partial charge in [0.1, 0.15) is 5.69 Å². The molecule has 1 amide bonds. The molecule has 1 aromatic carbocycles. The van der Waals surface area contributed by atoms with Gasteiger partial charge in [0.25, 0.3) is 11.6 Å². The molecule has 0 bridgehead atoms. The van der Waals surface area contributed by atoms with Crippen LogP contribution in [0.5, 0.6) is 0 Å². The lowest BCUT2D eigenvalue weighted by atomic mass is 9.86. The Morgan fingerprint density at radius 2 is 1.90 bits per heavy atom. The van der Waals surface area contributed by atoms with Gasteiger partial charge in [0.15, 0.2) is 6.61 Å². The Hall–Kier alpha value is -2.64. The Morgan fingerprint density at radius 1 is 1.17 bits per heavy atom. The Morgan fingerprint density at radius 3 is 2.59 bits per heavy atom. The maximum absolute atomic E-state index is 12.3. The summed E-state index contributed by atoms with van der Waals surface area (Å²) in [6, 6.07) is 4.48. The lowest BCUT2D eigenvalue weighted by Gasteiger charge is -2.29. The van der Waals surface area contributed by atoms with Crippen LogP contribution in [-0.2, 0) is 9.53 Å². The molecule has 2 aliphatic rings. The van der Waals surface area contributed by atoms with Gasteiger partial charge in [-0.05, 0) is 50.2 Å². The second-order valence-electron chi connectivity index (χ2n) is 8.02. The number of ether oxygens (including phenoxy) is 1. The summed E-state index contributed by atoms with van der Waals surface area (Å²) in [6.45, 7) is 3.26. The van der Waals surface area contributed by atoms with Crippen molar-refractivity contribution in [1.29, 1.82) is 0 Å². The molecular formula is C21H29N3O5. The number of amides is 1. The van der Waals surface area contributed by atoms with E-state index in [0.717, 1.165) is 51.6 Å². The summed E-state index contributed by atoms with van der Waals surface area (Å²) in [5.41, 5.74) is 0.494. The van der Waals surface area contributed by atoms with Gasteiger partial charge in [-0.25, -0.2) is 4.79 Å². The Labute approximate surface area is 170 Å². The summed E-state index contributed by atoms with van der Waals surface area (Å²) in [5.74, 6) is -0.657. The summed E-state index contributed by atoms with van der Waals surface area (Å²) < 4.78 is 5.10. The first-order valence-electron chi connectivity index (χ1n) is 10.5. The molecular weight excluding hydrogens is 374 g/mol. The molecule has 0 aromatic heterocycles. The van der Waals surface area contributed by atoms with Crippen LogP contribution in [0.4, 0.5) is 11.4 Å². The largest absolute Gasteiger partial charge is 0.452 e. The molecule has 0 unspecified atom stereocenters. The summed E-state index contributed by atoms with van der Waals surface area (Å²) in [5, 5.41) is 14.4. The number of hydrogen-bond acceptors (Lipinski definition) is 6. The maximum Gasteiger partial charge on any atom is 0.338 e. The molecule has 2 atom stereocenters. The van der Waals surface area contributed by atoms with Crippen LogP contribution >= 0.6 is 0 Å². The monoisotopic (exact) mass is 403 g/mol. The van der Waals surface area contributed by atoms with Gasteiger partial charge in [0, 0.05) is 25.2 Å². The van der Waals surface area contributed by atoms with E-state index in [2.05, 4.69) is 12.2 Å². The summed E-state index contributed by atoms with van der Waals surface area (Å²) >= 11 is 0. The number of anilines is 1. The van der Waals surface area contributed by atoms with E-state index in [-0.39, 0.29) is 29.8 Å². The molecule has 3 rings (SSSR count). The number of nitro benzene ring substituents is 1. The number of nitro groups is 1. The third-order valence-electron chi connectivity index (χ3n) is 5.90. The molecule has 1 aliphatic heterocycles. The average Bonchev–Trinajstić information content (AvgIpc) is 2.74. The van der Waals surface area contributed by atoms with Gasteiger partial charge < -0.3 is 15.0 Å². The molecule has 1 heterocycles. The molecule has 0 spiro atoms. The van der Waals surface area contributed by atoms with Crippen LogP contribution in [0.1, 0.15) is 62.2 Å². The summed E-state index contributed by atoms with van der Waals surface area (Å²) in [4.78, 5) is 37.5. The Bertz CT molecular complexity index is 761. The normalized spacial score (nSPS) is 22.0. The minimum Gasteiger partial charge on any atom is -0.452 e. The van der Waals surface area contributed by atoms with Crippen molar-refractivity contribution in [1.82, 2.24) is 5.32 Å². The molecule has 1 saturated heterocycles. The quantitative estimate of drug-likeness (QED) is 0.443. The van der Waals surface area contributed by atoms with Crippen LogP contribution in [-0.4, -0.2) is 42.5 Å². The van der Waals surface area contributed by atoms with Crippen LogP contribution in [0, 0.1) is 16.0 Å². The molecule has 2 fully saturated rings. The molecule has 1 aromatic rings. The van der Waals surface area contributed by atoms with Gasteiger partial charge in [0.05, 0.1) is 10.5 Å². The first-order valence-corrected chi connectivity index (χ1v) is 10.5. The zero-order valence-corrected chi connectivity index (χ0v) is 16.9. The number of carbonyl (C=O) groups excluding carboxylic acids is 2. The van der Waals surface area contributed by atoms with Gasteiger partial charge >= 0.3 is 5.97 Å². The summed E-state index contributed by atoms with van der Waals surface area (Å²) in [7, 11) is 0. The molecule has 8 nitrogen and oxygen atoms in total. The van der Waals surface area contributed by atoms with Crippen molar-refractivity contribution in [2.45, 2.75) is 57.9 Å². The number of benzene rings is 1. The average molecular weight is 403 g/mol. The highest BCUT2D eigenvalue weighted by Gasteiger charge is 2.25. The van der Waals surface area contributed by atoms with Crippen molar-refractivity contribution in [3.63, 3.8) is 0 Å². The lowest BCUT2D eigenvalue weighted by Crippen LogP contribution is -2.42. The summed E-state index contributed by atoms with van der Waals surface area (Å²) in [6.07, 6.45) is 7.39. The van der Waals surface area contributed by atoms with Crippen molar-refractivity contribution < 1.29 is 19.2 Å². The number of hydrogen-bond donors (Lipinski definition) is 1. The number of nitrogens with zero attached hydrogens (tertiary/aromatic N) is 2. The van der Waals surface area contributed by atoms with Crippen molar-refractivity contribution in [3.8, 4) is 0 Å². The second-order valence-corrected chi connectivity index (χ2v) is 8.02. The van der Waals surface area contributed by atoms with E-state index in [1.54, 1.807) is 6.07 Å². The highest BCUT2D eigenvalue weighted by molar-refractivity contribution is 5.93. The smallest absolute Gasteiger partial charge is 0.338 e. The van der Waals surface area contributed by atoms with Crippen LogP contribution in [0.2, 0.25) is 0 Å². The highest BCUT2D eigenvalue weighted by Crippen LogP contribution is 2.31. The molecule has 8 heteroatoms. The van der Waals surface area contributed by atoms with Crippen molar-refractivity contribution in [2.75, 3.05) is 24.6 Å². The number of piperidine rings is 1. The lowest BCUT2D eigenvalue weighted by molar-refractivity contribution is -0.384. The van der Waals surface area contributed by atoms with Crippen LogP contribution in [0.25, 0.3) is 0 Å². The van der Waals surface area contributed by atoms with Crippen LogP contribution in [0.3, 0.4) is 0 Å². The Kier molecular flexibility index (Phi) is 7.06. The third-order valence-corrected chi connectivity index (χ3v) is 5.90. The first kappa shape index (κ1) is 21.1. The van der Waals surface area contributed by atoms with Crippen LogP contribution < -0.4 is 10.2 Å². The van der Waals surface area contributed by atoms with Crippen molar-refractivity contribution >= 4 is 23.3 Å². The zero-order valence-electron chi connectivity index (χ0n) is 16.9. The van der Waals surface area contributed by atoms with Gasteiger partial charge in [0.2, 0.25) is 0 Å². The van der Waals surface area contributed by atoms with E-state index in [9.17, 15) is 19.7 Å². The molecule has 0 radical (unpaired) electrons. The van der Waals surface area contributed by atoms with Crippen LogP contribution in [0.15, 0.2) is 18.2 Å². The van der Waals surface area contributed by atoms with E-state index in [1.807, 2.05) is 4.90 Å². The molecule has 158 valence electrons. The van der Waals surface area contributed by atoms with Crippen molar-refractivity contribution in [3.05, 3.63) is 33.9 Å². The van der Waals surface area contributed by atoms with Gasteiger partial charge in [-0.15, -0.1) is 0 Å². The standard InChI is InChI=1S/C21H29N3O5/c1-15-7-3-4-8-17(15)22-20(25)14-29-21(26)16-9-10-18(19(13-16)24(27)28)23-11-5-2-6-12-23/h9-10,13,15,17H,2-8,11-12,14H2,1H3,(H,22,25)/t15-,17+/m0/s1. The SMILES string of the molecule is C[C@H]1CCCC[C@H]1NC(=O)COC(=O)c1ccc(N2CCCCC2)c([N+](=O)[O-])c1. The highest BCUT2D eigenvalue weighted by atomic mass is 16.6. The van der Waals surface area contributed by atoms with E-state index in [0.29, 0.717) is 11.6 Å². The van der Waals surface area contributed by atoms with Gasteiger partial charge in [-0.2, -0.15) is 0 Å². The number of esters is 1. The van der Waals surface area contributed by atoms with E-state index in [4.69, 9.17) is 4.74 Å². The van der Waals surface area contributed by atoms with E-state index in [1.165, 1.54) is 18.6 Å². The first-order chi connectivity index (χ1) is 14.0. The van der Waals surface area contributed by atoms with E-state index < -0.39 is 10.9 Å². The zero-order chi connectivity index (χ0) is 20.8. The number of carbonyl (C=O) groups is 2. The number of nitrogens with one attached hydrogen (secondary N) is 1. The minimum atomic E-state index is -0.731. The van der Waals surface area contributed by atoms with E-state index >= 15 is 0 Å². The van der Waals surface area contributed by atoms with Gasteiger partial charge in [-0.3, -0.25) is 14.9 Å². The van der Waals surface area contributed by atoms with Gasteiger partial charge in [-0.1, -0.05) is 19.8 Å². The minimum absolute atomic E-state index is 0.0799. The van der Waals surface area contributed by atoms with Crippen molar-refractivity contribution in [2.24, 2.45) is 5.92 Å². The molecule has 1 saturated carbocycles. The fraction of sp³-hybridized carbons (Fsp3) is 0.619. The number of rotatable bonds is 6.